The Balaban J connectivity index is 1.65. The van der Waals surface area contributed by atoms with Gasteiger partial charge in [-0.2, -0.15) is 0 Å². The summed E-state index contributed by atoms with van der Waals surface area (Å²) in [6.07, 6.45) is 0.869. The van der Waals surface area contributed by atoms with Crippen molar-refractivity contribution >= 4 is 15.9 Å². The quantitative estimate of drug-likeness (QED) is 0.457. The third kappa shape index (κ3) is 8.11. The van der Waals surface area contributed by atoms with Gasteiger partial charge in [0.15, 0.2) is 6.61 Å². The Morgan fingerprint density at radius 1 is 1.18 bits per heavy atom. The monoisotopic (exact) mass is 415 g/mol. The van der Waals surface area contributed by atoms with E-state index in [9.17, 15) is 13.2 Å². The Morgan fingerprint density at radius 3 is 2.57 bits per heavy atom. The summed E-state index contributed by atoms with van der Waals surface area (Å²) < 4.78 is 42.1. The second-order valence-corrected chi connectivity index (χ2v) is 8.08. The van der Waals surface area contributed by atoms with Crippen LogP contribution in [0.4, 0.5) is 0 Å². The van der Waals surface area contributed by atoms with Crippen molar-refractivity contribution in [3.63, 3.8) is 0 Å². The summed E-state index contributed by atoms with van der Waals surface area (Å²) in [5, 5.41) is 2.82. The van der Waals surface area contributed by atoms with E-state index in [1.807, 2.05) is 0 Å². The fourth-order valence-electron chi connectivity index (χ4n) is 2.63. The van der Waals surface area contributed by atoms with Crippen molar-refractivity contribution in [2.45, 2.75) is 11.3 Å². The molecule has 9 nitrogen and oxygen atoms in total. The smallest absolute Gasteiger partial charge is 0.257 e. The van der Waals surface area contributed by atoms with Crippen LogP contribution in [0.5, 0.6) is 5.75 Å². The van der Waals surface area contributed by atoms with Crippen LogP contribution in [0.3, 0.4) is 0 Å². The highest BCUT2D eigenvalue weighted by Crippen LogP contribution is 2.15. The first kappa shape index (κ1) is 22.6. The van der Waals surface area contributed by atoms with Crippen LogP contribution >= 0.6 is 0 Å². The molecule has 10 heteroatoms. The summed E-state index contributed by atoms with van der Waals surface area (Å²) in [5.41, 5.74) is 0. The molecule has 28 heavy (non-hydrogen) atoms. The number of hydrogen-bond acceptors (Lipinski definition) is 7. The predicted octanol–water partition coefficient (Wildman–Crippen LogP) is -0.171. The number of hydrogen-bond donors (Lipinski definition) is 2. The van der Waals surface area contributed by atoms with E-state index in [2.05, 4.69) is 14.9 Å². The van der Waals surface area contributed by atoms with Gasteiger partial charge in [-0.15, -0.1) is 0 Å². The lowest BCUT2D eigenvalue weighted by Gasteiger charge is -2.26. The molecule has 1 aromatic rings. The van der Waals surface area contributed by atoms with Crippen LogP contribution in [0.15, 0.2) is 29.2 Å². The highest BCUT2D eigenvalue weighted by atomic mass is 32.2. The molecule has 0 bridgehead atoms. The molecule has 1 aromatic carbocycles. The van der Waals surface area contributed by atoms with E-state index in [-0.39, 0.29) is 24.0 Å². The van der Waals surface area contributed by atoms with Gasteiger partial charge in [0, 0.05) is 33.3 Å². The van der Waals surface area contributed by atoms with E-state index < -0.39 is 10.0 Å². The third-order valence-electron chi connectivity index (χ3n) is 4.18. The fourth-order valence-corrected chi connectivity index (χ4v) is 3.64. The summed E-state index contributed by atoms with van der Waals surface area (Å²) >= 11 is 0. The number of morpholine rings is 1. The lowest BCUT2D eigenvalue weighted by molar-refractivity contribution is -0.123. The first-order chi connectivity index (χ1) is 13.5. The molecule has 1 amide bonds. The van der Waals surface area contributed by atoms with Gasteiger partial charge in [0.2, 0.25) is 10.0 Å². The van der Waals surface area contributed by atoms with Gasteiger partial charge in [0.05, 0.1) is 24.7 Å². The zero-order valence-corrected chi connectivity index (χ0v) is 17.0. The molecule has 2 N–H and O–H groups in total. The van der Waals surface area contributed by atoms with Crippen LogP contribution < -0.4 is 14.8 Å². The molecule has 158 valence electrons. The maximum absolute atomic E-state index is 12.1. The molecule has 1 saturated heterocycles. The zero-order chi connectivity index (χ0) is 20.2. The molecule has 0 atom stereocenters. The van der Waals surface area contributed by atoms with Crippen molar-refractivity contribution in [3.05, 3.63) is 24.3 Å². The van der Waals surface area contributed by atoms with Crippen molar-refractivity contribution in [2.24, 2.45) is 0 Å². The summed E-state index contributed by atoms with van der Waals surface area (Å²) in [7, 11) is -2.08. The van der Waals surface area contributed by atoms with Gasteiger partial charge in [-0.05, 0) is 37.2 Å². The number of rotatable bonds is 12. The van der Waals surface area contributed by atoms with Crippen molar-refractivity contribution in [3.8, 4) is 5.75 Å². The largest absolute Gasteiger partial charge is 0.484 e. The van der Waals surface area contributed by atoms with Crippen LogP contribution in [0, 0.1) is 0 Å². The van der Waals surface area contributed by atoms with E-state index in [0.717, 1.165) is 39.3 Å². The topological polar surface area (TPSA) is 106 Å². The molecule has 1 fully saturated rings. The fraction of sp³-hybridized carbons (Fsp3) is 0.611. The van der Waals surface area contributed by atoms with Crippen molar-refractivity contribution in [1.29, 1.82) is 0 Å². The Labute approximate surface area is 166 Å². The highest BCUT2D eigenvalue weighted by molar-refractivity contribution is 7.89. The number of amides is 1. The average Bonchev–Trinajstić information content (AvgIpc) is 2.71. The number of methoxy groups -OCH3 is 1. The van der Waals surface area contributed by atoms with E-state index >= 15 is 0 Å². The lowest BCUT2D eigenvalue weighted by Crippen LogP contribution is -2.38. The number of carbonyl (C=O) groups excluding carboxylic acids is 1. The minimum absolute atomic E-state index is 0.115. The SMILES string of the molecule is COCCNS(=O)(=O)c1ccc(OCC(=O)NCCCN2CCOCC2)cc1. The Hall–Kier alpha value is -1.72. The summed E-state index contributed by atoms with van der Waals surface area (Å²) in [5.74, 6) is 0.221. The van der Waals surface area contributed by atoms with Gasteiger partial charge in [0.25, 0.3) is 5.91 Å². The highest BCUT2D eigenvalue weighted by Gasteiger charge is 2.13. The van der Waals surface area contributed by atoms with E-state index in [1.165, 1.54) is 31.4 Å². The molecule has 2 rings (SSSR count). The van der Waals surface area contributed by atoms with Gasteiger partial charge in [-0.3, -0.25) is 9.69 Å². The van der Waals surface area contributed by atoms with Gasteiger partial charge >= 0.3 is 0 Å². The molecule has 0 unspecified atom stereocenters. The van der Waals surface area contributed by atoms with Crippen molar-refractivity contribution in [2.75, 3.05) is 66.3 Å². The molecule has 0 spiro atoms. The predicted molar refractivity (Wildman–Crippen MR) is 104 cm³/mol. The average molecular weight is 416 g/mol. The maximum Gasteiger partial charge on any atom is 0.257 e. The summed E-state index contributed by atoms with van der Waals surface area (Å²) in [4.78, 5) is 14.3. The van der Waals surface area contributed by atoms with Crippen molar-refractivity contribution < 1.29 is 27.4 Å². The number of nitrogens with one attached hydrogen (secondary N) is 2. The number of sulfonamides is 1. The molecule has 0 aliphatic carbocycles. The molecule has 0 aromatic heterocycles. The van der Waals surface area contributed by atoms with E-state index in [1.54, 1.807) is 0 Å². The minimum Gasteiger partial charge on any atom is -0.484 e. The lowest BCUT2D eigenvalue weighted by atomic mass is 10.3. The second-order valence-electron chi connectivity index (χ2n) is 6.31. The minimum atomic E-state index is -3.58. The van der Waals surface area contributed by atoms with E-state index in [4.69, 9.17) is 14.2 Å². The van der Waals surface area contributed by atoms with Crippen LogP contribution in [-0.4, -0.2) is 85.5 Å². The van der Waals surface area contributed by atoms with Crippen LogP contribution in [0.25, 0.3) is 0 Å². The van der Waals surface area contributed by atoms with Gasteiger partial charge in [0.1, 0.15) is 5.75 Å². The molecular weight excluding hydrogens is 386 g/mol. The third-order valence-corrected chi connectivity index (χ3v) is 5.66. The molecule has 0 radical (unpaired) electrons. The summed E-state index contributed by atoms with van der Waals surface area (Å²) in [6.45, 7) is 5.30. The van der Waals surface area contributed by atoms with Crippen molar-refractivity contribution in [1.82, 2.24) is 14.9 Å². The Morgan fingerprint density at radius 2 is 1.89 bits per heavy atom. The first-order valence-corrected chi connectivity index (χ1v) is 10.8. The van der Waals surface area contributed by atoms with Gasteiger partial charge < -0.3 is 19.5 Å². The summed E-state index contributed by atoms with van der Waals surface area (Å²) in [6, 6.07) is 5.92. The second kappa shape index (κ2) is 12.0. The first-order valence-electron chi connectivity index (χ1n) is 9.29. The zero-order valence-electron chi connectivity index (χ0n) is 16.2. The van der Waals surface area contributed by atoms with Crippen LogP contribution in [0.1, 0.15) is 6.42 Å². The normalized spacial score (nSPS) is 15.3. The van der Waals surface area contributed by atoms with Crippen LogP contribution in [0.2, 0.25) is 0 Å². The van der Waals surface area contributed by atoms with Crippen LogP contribution in [-0.2, 0) is 24.3 Å². The number of nitrogens with zero attached hydrogens (tertiary/aromatic N) is 1. The molecular formula is C18H29N3O6S. The Kier molecular flexibility index (Phi) is 9.65. The molecule has 1 heterocycles. The number of carbonyl (C=O) groups is 1. The van der Waals surface area contributed by atoms with Gasteiger partial charge in [-0.1, -0.05) is 0 Å². The van der Waals surface area contributed by atoms with Gasteiger partial charge in [-0.25, -0.2) is 13.1 Å². The standard InChI is InChI=1S/C18H29N3O6S/c1-25-12-8-20-28(23,24)17-5-3-16(4-6-17)27-15-18(22)19-7-2-9-21-10-13-26-14-11-21/h3-6,20H,2,7-15H2,1H3,(H,19,22). The maximum atomic E-state index is 12.1. The van der Waals surface area contributed by atoms with E-state index in [0.29, 0.717) is 18.9 Å². The number of ether oxygens (including phenoxy) is 3. The Bertz CT molecular complexity index is 690. The molecule has 1 aliphatic heterocycles. The molecule has 1 aliphatic rings. The number of benzene rings is 1. The molecule has 0 saturated carbocycles.